The summed E-state index contributed by atoms with van der Waals surface area (Å²) in [6.45, 7) is 7.43. The number of rotatable bonds is 8. The molecule has 33 heavy (non-hydrogen) atoms. The first-order valence-corrected chi connectivity index (χ1v) is 12.4. The van der Waals surface area contributed by atoms with E-state index >= 15 is 0 Å². The number of amides is 1. The highest BCUT2D eigenvalue weighted by Gasteiger charge is 2.23. The number of unbranched alkanes of at least 4 members (excludes halogenated alkanes) is 1. The fourth-order valence-corrected chi connectivity index (χ4v) is 5.07. The standard InChI is InChI=1S/C24H31N5O3S/c1-4-5-10-29-23(31)22-18(15-17(2)25-22)26-24(29)33-16-21(30)28-13-11-27(12-14-28)19-8-6-7-9-20(19)32-3/h6-9,15,25H,4-5,10-14,16H2,1-3H3. The number of thioether (sulfide) groups is 1. The average molecular weight is 470 g/mol. The predicted octanol–water partition coefficient (Wildman–Crippen LogP) is 3.28. The number of carbonyl (C=O) groups excluding carboxylic acids is 1. The molecule has 0 atom stereocenters. The first kappa shape index (κ1) is 23.2. The second kappa shape index (κ2) is 10.3. The highest BCUT2D eigenvalue weighted by Crippen LogP contribution is 2.28. The summed E-state index contributed by atoms with van der Waals surface area (Å²) in [6, 6.07) is 9.84. The van der Waals surface area contributed by atoms with Crippen molar-refractivity contribution in [3.8, 4) is 5.75 Å². The molecule has 0 unspecified atom stereocenters. The molecule has 0 spiro atoms. The van der Waals surface area contributed by atoms with Gasteiger partial charge in [-0.2, -0.15) is 0 Å². The molecule has 0 bridgehead atoms. The molecule has 3 aromatic rings. The topological polar surface area (TPSA) is 83.5 Å². The van der Waals surface area contributed by atoms with E-state index in [2.05, 4.69) is 16.8 Å². The molecule has 8 nitrogen and oxygen atoms in total. The highest BCUT2D eigenvalue weighted by atomic mass is 32.2. The van der Waals surface area contributed by atoms with E-state index in [9.17, 15) is 9.59 Å². The zero-order valence-electron chi connectivity index (χ0n) is 19.5. The van der Waals surface area contributed by atoms with Crippen molar-refractivity contribution in [3.05, 3.63) is 46.4 Å². The molecular weight excluding hydrogens is 438 g/mol. The third-order valence-corrected chi connectivity index (χ3v) is 6.92. The quantitative estimate of drug-likeness (QED) is 0.403. The number of aromatic amines is 1. The lowest BCUT2D eigenvalue weighted by atomic mass is 10.2. The zero-order chi connectivity index (χ0) is 23.4. The number of hydrogen-bond donors (Lipinski definition) is 1. The number of para-hydroxylation sites is 2. The Morgan fingerprint density at radius 1 is 1.21 bits per heavy atom. The molecule has 0 radical (unpaired) electrons. The second-order valence-electron chi connectivity index (χ2n) is 8.25. The Kier molecular flexibility index (Phi) is 7.27. The molecule has 0 saturated carbocycles. The van der Waals surface area contributed by atoms with E-state index in [4.69, 9.17) is 9.72 Å². The van der Waals surface area contributed by atoms with Crippen molar-refractivity contribution in [2.75, 3.05) is 43.9 Å². The van der Waals surface area contributed by atoms with Gasteiger partial charge in [0.25, 0.3) is 5.56 Å². The van der Waals surface area contributed by atoms with Gasteiger partial charge in [-0.3, -0.25) is 14.2 Å². The van der Waals surface area contributed by atoms with Crippen LogP contribution in [0.5, 0.6) is 5.75 Å². The van der Waals surface area contributed by atoms with E-state index < -0.39 is 0 Å². The molecule has 4 rings (SSSR count). The Morgan fingerprint density at radius 2 is 1.97 bits per heavy atom. The van der Waals surface area contributed by atoms with Gasteiger partial charge in [-0.15, -0.1) is 0 Å². The van der Waals surface area contributed by atoms with Crippen LogP contribution in [0.15, 0.2) is 40.3 Å². The number of methoxy groups -OCH3 is 1. The number of H-pyrrole nitrogens is 1. The van der Waals surface area contributed by atoms with Gasteiger partial charge in [0.15, 0.2) is 5.16 Å². The fourth-order valence-electron chi connectivity index (χ4n) is 4.14. The number of ether oxygens (including phenoxy) is 1. The lowest BCUT2D eigenvalue weighted by Crippen LogP contribution is -2.49. The predicted molar refractivity (Wildman–Crippen MR) is 133 cm³/mol. The van der Waals surface area contributed by atoms with E-state index in [0.29, 0.717) is 35.8 Å². The van der Waals surface area contributed by atoms with E-state index in [1.165, 1.54) is 11.8 Å². The summed E-state index contributed by atoms with van der Waals surface area (Å²) in [4.78, 5) is 37.9. The van der Waals surface area contributed by atoms with Crippen molar-refractivity contribution in [3.63, 3.8) is 0 Å². The largest absolute Gasteiger partial charge is 0.495 e. The van der Waals surface area contributed by atoms with Crippen LogP contribution in [0.3, 0.4) is 0 Å². The molecule has 3 heterocycles. The number of hydrogen-bond acceptors (Lipinski definition) is 6. The number of nitrogens with zero attached hydrogens (tertiary/aromatic N) is 4. The molecule has 0 aliphatic carbocycles. The van der Waals surface area contributed by atoms with Crippen LogP contribution in [0.2, 0.25) is 0 Å². The minimum Gasteiger partial charge on any atom is -0.495 e. The van der Waals surface area contributed by atoms with Crippen LogP contribution in [0.1, 0.15) is 25.5 Å². The summed E-state index contributed by atoms with van der Waals surface area (Å²) >= 11 is 1.35. The number of anilines is 1. The lowest BCUT2D eigenvalue weighted by Gasteiger charge is -2.36. The second-order valence-corrected chi connectivity index (χ2v) is 9.19. The van der Waals surface area contributed by atoms with E-state index in [1.54, 1.807) is 11.7 Å². The molecule has 9 heteroatoms. The SMILES string of the molecule is CCCCn1c(SCC(=O)N2CCN(c3ccccc3OC)CC2)nc2cc(C)[nH]c2c1=O. The Hall–Kier alpha value is -2.94. The monoisotopic (exact) mass is 469 g/mol. The van der Waals surface area contributed by atoms with Gasteiger partial charge in [-0.05, 0) is 31.5 Å². The molecule has 1 amide bonds. The molecule has 1 aliphatic heterocycles. The van der Waals surface area contributed by atoms with Gasteiger partial charge in [-0.1, -0.05) is 37.2 Å². The maximum atomic E-state index is 13.0. The van der Waals surface area contributed by atoms with Crippen LogP contribution in [0.4, 0.5) is 5.69 Å². The molecule has 176 valence electrons. The maximum absolute atomic E-state index is 13.0. The number of aryl methyl sites for hydroxylation is 1. The van der Waals surface area contributed by atoms with Crippen molar-refractivity contribution in [1.82, 2.24) is 19.4 Å². The Labute approximate surface area is 197 Å². The van der Waals surface area contributed by atoms with E-state index in [0.717, 1.165) is 43.1 Å². The molecule has 1 fully saturated rings. The first-order valence-electron chi connectivity index (χ1n) is 11.4. The number of fused-ring (bicyclic) bond motifs is 1. The van der Waals surface area contributed by atoms with Crippen molar-refractivity contribution in [1.29, 1.82) is 0 Å². The van der Waals surface area contributed by atoms with Gasteiger partial charge < -0.3 is 19.5 Å². The van der Waals surface area contributed by atoms with Crippen molar-refractivity contribution in [2.45, 2.75) is 38.4 Å². The van der Waals surface area contributed by atoms with Gasteiger partial charge in [0.2, 0.25) is 5.91 Å². The van der Waals surface area contributed by atoms with E-state index in [1.807, 2.05) is 42.2 Å². The molecular formula is C24H31N5O3S. The fraction of sp³-hybridized carbons (Fsp3) is 0.458. The zero-order valence-corrected chi connectivity index (χ0v) is 20.3. The molecule has 1 saturated heterocycles. The van der Waals surface area contributed by atoms with Crippen LogP contribution in [-0.2, 0) is 11.3 Å². The normalized spacial score (nSPS) is 14.2. The van der Waals surface area contributed by atoms with Crippen molar-refractivity contribution in [2.24, 2.45) is 0 Å². The van der Waals surface area contributed by atoms with Gasteiger partial charge in [0, 0.05) is 38.4 Å². The molecule has 1 aliphatic rings. The number of piperazine rings is 1. The lowest BCUT2D eigenvalue weighted by molar-refractivity contribution is -0.128. The Morgan fingerprint density at radius 3 is 2.70 bits per heavy atom. The number of carbonyl (C=O) groups is 1. The highest BCUT2D eigenvalue weighted by molar-refractivity contribution is 7.99. The smallest absolute Gasteiger partial charge is 0.278 e. The van der Waals surface area contributed by atoms with Crippen LogP contribution in [0.25, 0.3) is 11.0 Å². The summed E-state index contributed by atoms with van der Waals surface area (Å²) in [6.07, 6.45) is 1.87. The van der Waals surface area contributed by atoms with Crippen LogP contribution in [-0.4, -0.2) is 64.4 Å². The average Bonchev–Trinajstić information content (AvgIpc) is 3.22. The summed E-state index contributed by atoms with van der Waals surface area (Å²) in [5.74, 6) is 1.18. The van der Waals surface area contributed by atoms with Gasteiger partial charge in [0.1, 0.15) is 11.3 Å². The van der Waals surface area contributed by atoms with Gasteiger partial charge >= 0.3 is 0 Å². The molecule has 1 N–H and O–H groups in total. The minimum atomic E-state index is -0.0677. The minimum absolute atomic E-state index is 0.0677. The van der Waals surface area contributed by atoms with Gasteiger partial charge in [0.05, 0.1) is 24.1 Å². The van der Waals surface area contributed by atoms with E-state index in [-0.39, 0.29) is 17.2 Å². The van der Waals surface area contributed by atoms with Crippen molar-refractivity contribution < 1.29 is 9.53 Å². The number of benzene rings is 1. The summed E-state index contributed by atoms with van der Waals surface area (Å²) in [5, 5.41) is 0.612. The number of aromatic nitrogens is 3. The first-order chi connectivity index (χ1) is 16.0. The maximum Gasteiger partial charge on any atom is 0.278 e. The summed E-state index contributed by atoms with van der Waals surface area (Å²) < 4.78 is 7.19. The van der Waals surface area contributed by atoms with Crippen LogP contribution in [0, 0.1) is 6.92 Å². The summed E-state index contributed by atoms with van der Waals surface area (Å²) in [7, 11) is 1.68. The van der Waals surface area contributed by atoms with Crippen LogP contribution < -0.4 is 15.2 Å². The molecule has 1 aromatic carbocycles. The molecule has 2 aromatic heterocycles. The third kappa shape index (κ3) is 5.03. The number of nitrogens with one attached hydrogen (secondary N) is 1. The third-order valence-electron chi connectivity index (χ3n) is 5.96. The Balaban J connectivity index is 1.42. The summed E-state index contributed by atoms with van der Waals surface area (Å²) in [5.41, 5.74) is 3.09. The Bertz CT molecular complexity index is 1180. The van der Waals surface area contributed by atoms with Crippen molar-refractivity contribution >= 4 is 34.4 Å². The van der Waals surface area contributed by atoms with Crippen LogP contribution >= 0.6 is 11.8 Å². The van der Waals surface area contributed by atoms with Gasteiger partial charge in [-0.25, -0.2) is 4.98 Å².